The molecule has 0 amide bonds. The first-order chi connectivity index (χ1) is 15.0. The van der Waals surface area contributed by atoms with Crippen molar-refractivity contribution in [3.63, 3.8) is 0 Å². The third-order valence-corrected chi connectivity index (χ3v) is 9.72. The summed E-state index contributed by atoms with van der Waals surface area (Å²) in [7, 11) is -2.14. The summed E-state index contributed by atoms with van der Waals surface area (Å²) in [6.07, 6.45) is 4.75. The van der Waals surface area contributed by atoms with Gasteiger partial charge in [0.15, 0.2) is 0 Å². The van der Waals surface area contributed by atoms with Crippen LogP contribution in [0.4, 0.5) is 0 Å². The summed E-state index contributed by atoms with van der Waals surface area (Å²) in [6, 6.07) is 28.6. The molecular formula is C29H37OP. The number of hydrogen-bond acceptors (Lipinski definition) is 1. The van der Waals surface area contributed by atoms with Gasteiger partial charge in [0, 0.05) is 0 Å². The Bertz CT molecular complexity index is 935. The summed E-state index contributed by atoms with van der Waals surface area (Å²) >= 11 is 0. The fourth-order valence-corrected chi connectivity index (χ4v) is 7.99. The molecule has 0 saturated heterocycles. The van der Waals surface area contributed by atoms with Crippen molar-refractivity contribution in [1.82, 2.24) is 0 Å². The first-order valence-corrected chi connectivity index (χ1v) is 14.7. The molecule has 1 nitrogen and oxygen atoms in total. The Balaban J connectivity index is 1.73. The van der Waals surface area contributed by atoms with E-state index in [-0.39, 0.29) is 0 Å². The summed E-state index contributed by atoms with van der Waals surface area (Å²) in [5.74, 6) is 3.03. The maximum atomic E-state index is 7.27. The molecule has 31 heavy (non-hydrogen) atoms. The molecular weight excluding hydrogens is 395 g/mol. The van der Waals surface area contributed by atoms with Crippen LogP contribution in [-0.2, 0) is 12.3 Å². The van der Waals surface area contributed by atoms with Crippen LogP contribution in [0, 0.1) is 5.92 Å². The summed E-state index contributed by atoms with van der Waals surface area (Å²) in [4.78, 5) is 0. The van der Waals surface area contributed by atoms with Crippen LogP contribution in [0.15, 0.2) is 78.9 Å². The van der Waals surface area contributed by atoms with Crippen LogP contribution in [-0.4, -0.2) is 6.66 Å². The van der Waals surface area contributed by atoms with E-state index in [9.17, 15) is 0 Å². The van der Waals surface area contributed by atoms with Gasteiger partial charge in [-0.1, -0.05) is 0 Å². The zero-order valence-electron chi connectivity index (χ0n) is 19.5. The van der Waals surface area contributed by atoms with Crippen LogP contribution < -0.4 is 4.52 Å². The quantitative estimate of drug-likeness (QED) is 0.308. The maximum absolute atomic E-state index is 7.27. The predicted molar refractivity (Wildman–Crippen MR) is 137 cm³/mol. The number of rotatable bonds is 9. The fourth-order valence-electron chi connectivity index (χ4n) is 4.79. The summed E-state index contributed by atoms with van der Waals surface area (Å²) in [5, 5.41) is 0. The summed E-state index contributed by atoms with van der Waals surface area (Å²) in [5.41, 5.74) is 5.55. The molecule has 0 spiro atoms. The normalized spacial score (nSPS) is 15.6. The summed E-state index contributed by atoms with van der Waals surface area (Å²) < 4.78 is 7.27. The van der Waals surface area contributed by atoms with E-state index < -0.39 is 7.49 Å². The van der Waals surface area contributed by atoms with Gasteiger partial charge in [-0.2, -0.15) is 0 Å². The average Bonchev–Trinajstić information content (AvgIpc) is 3.60. The van der Waals surface area contributed by atoms with Crippen molar-refractivity contribution >= 4 is 7.49 Å². The Morgan fingerprint density at radius 3 is 1.74 bits per heavy atom. The van der Waals surface area contributed by atoms with Gasteiger partial charge in [-0.15, -0.1) is 0 Å². The standard InChI is InChI=1S/C29H37OP/c1-22(2)27-16-11-17-28(23(3)26-18-19-26)29(27)30-31(4,20-24-12-7-5-8-13-24)21-25-14-9-6-10-15-25/h5-17,22-23,26,31H,18-21H2,1-4H3. The van der Waals surface area contributed by atoms with E-state index >= 15 is 0 Å². The summed E-state index contributed by atoms with van der Waals surface area (Å²) in [6.45, 7) is 9.41. The third kappa shape index (κ3) is 5.58. The van der Waals surface area contributed by atoms with Crippen molar-refractivity contribution in [2.24, 2.45) is 5.92 Å². The molecule has 1 atom stereocenters. The molecule has 0 aromatic heterocycles. The Hall–Kier alpha value is -2.11. The molecule has 2 heteroatoms. The molecule has 3 aromatic carbocycles. The van der Waals surface area contributed by atoms with Crippen molar-refractivity contribution in [3.8, 4) is 5.75 Å². The number of para-hydroxylation sites is 1. The van der Waals surface area contributed by atoms with Crippen LogP contribution in [0.5, 0.6) is 5.75 Å². The van der Waals surface area contributed by atoms with Gasteiger partial charge in [-0.05, 0) is 0 Å². The molecule has 4 rings (SSSR count). The number of hydrogen-bond donors (Lipinski definition) is 0. The molecule has 1 aliphatic carbocycles. The van der Waals surface area contributed by atoms with Gasteiger partial charge in [0.1, 0.15) is 0 Å². The van der Waals surface area contributed by atoms with E-state index in [0.717, 1.165) is 18.2 Å². The van der Waals surface area contributed by atoms with Crippen LogP contribution in [0.3, 0.4) is 0 Å². The van der Waals surface area contributed by atoms with E-state index in [4.69, 9.17) is 4.52 Å². The number of benzene rings is 3. The van der Waals surface area contributed by atoms with Gasteiger partial charge in [0.05, 0.1) is 0 Å². The van der Waals surface area contributed by atoms with E-state index in [2.05, 4.69) is 106 Å². The van der Waals surface area contributed by atoms with Crippen molar-refractivity contribution in [3.05, 3.63) is 101 Å². The van der Waals surface area contributed by atoms with Crippen LogP contribution in [0.1, 0.15) is 67.7 Å². The topological polar surface area (TPSA) is 9.23 Å². The third-order valence-electron chi connectivity index (χ3n) is 6.71. The minimum atomic E-state index is -2.14. The zero-order chi connectivity index (χ0) is 21.8. The molecule has 1 saturated carbocycles. The zero-order valence-corrected chi connectivity index (χ0v) is 20.5. The molecule has 1 aliphatic rings. The second-order valence-electron chi connectivity index (χ2n) is 9.92. The van der Waals surface area contributed by atoms with Gasteiger partial charge < -0.3 is 0 Å². The molecule has 3 aromatic rings. The van der Waals surface area contributed by atoms with Crippen molar-refractivity contribution in [2.45, 2.75) is 57.8 Å². The van der Waals surface area contributed by atoms with E-state index in [1.807, 2.05) is 0 Å². The fraction of sp³-hybridized carbons (Fsp3) is 0.379. The van der Waals surface area contributed by atoms with E-state index in [1.165, 1.54) is 40.8 Å². The van der Waals surface area contributed by atoms with Crippen molar-refractivity contribution in [1.29, 1.82) is 0 Å². The first-order valence-electron chi connectivity index (χ1n) is 11.8. The molecule has 0 bridgehead atoms. The molecule has 0 radical (unpaired) electrons. The van der Waals surface area contributed by atoms with Gasteiger partial charge in [-0.3, -0.25) is 0 Å². The second-order valence-corrected chi connectivity index (χ2v) is 13.7. The Kier molecular flexibility index (Phi) is 6.83. The van der Waals surface area contributed by atoms with Gasteiger partial charge in [0.25, 0.3) is 0 Å². The monoisotopic (exact) mass is 432 g/mol. The minimum absolute atomic E-state index is 0.452. The Labute approximate surface area is 189 Å². The van der Waals surface area contributed by atoms with Crippen molar-refractivity contribution < 1.29 is 4.52 Å². The molecule has 1 unspecified atom stereocenters. The van der Waals surface area contributed by atoms with Crippen LogP contribution in [0.2, 0.25) is 0 Å². The van der Waals surface area contributed by atoms with Crippen molar-refractivity contribution in [2.75, 3.05) is 6.66 Å². The van der Waals surface area contributed by atoms with Gasteiger partial charge >= 0.3 is 189 Å². The van der Waals surface area contributed by atoms with Crippen LogP contribution in [0.25, 0.3) is 0 Å². The van der Waals surface area contributed by atoms with Crippen LogP contribution >= 0.6 is 7.49 Å². The average molecular weight is 433 g/mol. The first kappa shape index (κ1) is 22.1. The predicted octanol–water partition coefficient (Wildman–Crippen LogP) is 8.40. The van der Waals surface area contributed by atoms with Gasteiger partial charge in [-0.25, -0.2) is 0 Å². The molecule has 1 fully saturated rings. The second kappa shape index (κ2) is 9.58. The van der Waals surface area contributed by atoms with Gasteiger partial charge in [0.2, 0.25) is 0 Å². The molecule has 0 N–H and O–H groups in total. The van der Waals surface area contributed by atoms with E-state index in [0.29, 0.717) is 11.8 Å². The Morgan fingerprint density at radius 1 is 0.742 bits per heavy atom. The SMILES string of the molecule is CC(C)c1cccc(C(C)C2CC2)c1O[PH](C)(Cc1ccccc1)Cc1ccccc1. The Morgan fingerprint density at radius 2 is 1.26 bits per heavy atom. The van der Waals surface area contributed by atoms with E-state index in [1.54, 1.807) is 0 Å². The molecule has 164 valence electrons. The molecule has 0 heterocycles. The molecule has 0 aliphatic heterocycles.